The monoisotopic (exact) mass is 384 g/mol. The molecule has 3 aromatic rings. The smallest absolute Gasteiger partial charge is 0.272 e. The second-order valence-corrected chi connectivity index (χ2v) is 8.45. The summed E-state index contributed by atoms with van der Waals surface area (Å²) in [6.07, 6.45) is 1.98. The Balaban J connectivity index is 1.27. The van der Waals surface area contributed by atoms with Gasteiger partial charge >= 0.3 is 0 Å². The number of benzene rings is 2. The fraction of sp³-hybridized carbons (Fsp3) is 0.333. The van der Waals surface area contributed by atoms with Crippen molar-refractivity contribution in [2.75, 3.05) is 13.1 Å². The summed E-state index contributed by atoms with van der Waals surface area (Å²) >= 11 is 0. The number of hydrogen-bond acceptors (Lipinski definition) is 3. The van der Waals surface area contributed by atoms with Crippen molar-refractivity contribution in [2.24, 2.45) is 5.92 Å². The third kappa shape index (κ3) is 2.57. The molecular weight excluding hydrogens is 360 g/mol. The maximum absolute atomic E-state index is 12.9. The van der Waals surface area contributed by atoms with E-state index >= 15 is 0 Å². The first-order chi connectivity index (χ1) is 14.3. The van der Waals surface area contributed by atoms with Crippen LogP contribution in [0.25, 0.3) is 0 Å². The molecule has 0 fully saturated rings. The second kappa shape index (κ2) is 6.56. The van der Waals surface area contributed by atoms with E-state index < -0.39 is 0 Å². The summed E-state index contributed by atoms with van der Waals surface area (Å²) in [6, 6.07) is 17.7. The van der Waals surface area contributed by atoms with Gasteiger partial charge in [0.2, 0.25) is 0 Å². The lowest BCUT2D eigenvalue weighted by Gasteiger charge is -2.45. The first-order valence-electron chi connectivity index (χ1n) is 10.5. The molecule has 1 unspecified atom stereocenters. The molecule has 146 valence electrons. The lowest BCUT2D eigenvalue weighted by Crippen LogP contribution is -2.39. The van der Waals surface area contributed by atoms with Gasteiger partial charge in [-0.2, -0.15) is 5.10 Å². The molecule has 0 spiro atoms. The summed E-state index contributed by atoms with van der Waals surface area (Å²) in [4.78, 5) is 12.9. The molecule has 29 heavy (non-hydrogen) atoms. The third-order valence-electron chi connectivity index (χ3n) is 6.97. The summed E-state index contributed by atoms with van der Waals surface area (Å²) in [7, 11) is 0. The summed E-state index contributed by atoms with van der Waals surface area (Å²) in [5.74, 6) is 1.12. The molecular formula is C24H24N4O. The van der Waals surface area contributed by atoms with Crippen LogP contribution in [-0.2, 0) is 13.0 Å². The van der Waals surface area contributed by atoms with Crippen LogP contribution < -0.4 is 10.6 Å². The first-order valence-corrected chi connectivity index (χ1v) is 10.5. The highest BCUT2D eigenvalue weighted by Gasteiger charge is 2.43. The molecule has 4 aliphatic rings. The van der Waals surface area contributed by atoms with Crippen LogP contribution in [0.5, 0.6) is 0 Å². The maximum atomic E-state index is 12.9. The van der Waals surface area contributed by atoms with Crippen LogP contribution in [-0.4, -0.2) is 29.2 Å². The quantitative estimate of drug-likeness (QED) is 0.650. The normalized spacial score (nSPS) is 23.8. The number of hydrogen-bond donors (Lipinski definition) is 3. The molecule has 0 saturated carbocycles. The Bertz CT molecular complexity index is 1050. The molecule has 2 bridgehead atoms. The predicted octanol–water partition coefficient (Wildman–Crippen LogP) is 3.08. The highest BCUT2D eigenvalue weighted by molar-refractivity contribution is 5.94. The number of aromatic amines is 1. The van der Waals surface area contributed by atoms with E-state index in [1.165, 1.54) is 22.3 Å². The zero-order valence-corrected chi connectivity index (χ0v) is 16.2. The van der Waals surface area contributed by atoms with E-state index in [2.05, 4.69) is 69.4 Å². The van der Waals surface area contributed by atoms with Gasteiger partial charge in [0, 0.05) is 49.1 Å². The average molecular weight is 384 g/mol. The zero-order valence-electron chi connectivity index (χ0n) is 16.2. The largest absolute Gasteiger partial charge is 0.350 e. The second-order valence-electron chi connectivity index (χ2n) is 8.45. The van der Waals surface area contributed by atoms with E-state index in [4.69, 9.17) is 0 Å². The van der Waals surface area contributed by atoms with Gasteiger partial charge in [-0.3, -0.25) is 9.89 Å². The van der Waals surface area contributed by atoms with Crippen molar-refractivity contribution in [1.29, 1.82) is 0 Å². The van der Waals surface area contributed by atoms with Crippen LogP contribution in [0.4, 0.5) is 0 Å². The number of carbonyl (C=O) groups is 1. The van der Waals surface area contributed by atoms with Crippen molar-refractivity contribution in [3.8, 4) is 0 Å². The summed E-state index contributed by atoms with van der Waals surface area (Å²) in [6.45, 7) is 2.32. The fourth-order valence-electron chi connectivity index (χ4n) is 5.68. The van der Waals surface area contributed by atoms with Crippen LogP contribution in [0.1, 0.15) is 62.3 Å². The zero-order chi connectivity index (χ0) is 19.4. The Morgan fingerprint density at radius 1 is 1.03 bits per heavy atom. The average Bonchev–Trinajstić information content (AvgIpc) is 3.22. The van der Waals surface area contributed by atoms with Gasteiger partial charge in [0.15, 0.2) is 5.69 Å². The topological polar surface area (TPSA) is 69.8 Å². The van der Waals surface area contributed by atoms with Crippen LogP contribution in [0.3, 0.4) is 0 Å². The van der Waals surface area contributed by atoms with Gasteiger partial charge in [0.25, 0.3) is 5.91 Å². The minimum Gasteiger partial charge on any atom is -0.350 e. The predicted molar refractivity (Wildman–Crippen MR) is 111 cm³/mol. The van der Waals surface area contributed by atoms with Crippen LogP contribution in [0.2, 0.25) is 0 Å². The Hall–Kier alpha value is -2.92. The first kappa shape index (κ1) is 17.0. The molecule has 1 aliphatic heterocycles. The number of carbonyl (C=O) groups excluding carboxylic acids is 1. The van der Waals surface area contributed by atoms with Gasteiger partial charge in [-0.25, -0.2) is 0 Å². The van der Waals surface area contributed by atoms with E-state index in [1.807, 2.05) is 0 Å². The Kier molecular flexibility index (Phi) is 3.84. The van der Waals surface area contributed by atoms with Crippen LogP contribution in [0, 0.1) is 5.92 Å². The minimum absolute atomic E-state index is 0.0609. The number of rotatable bonds is 3. The van der Waals surface area contributed by atoms with Crippen molar-refractivity contribution in [3.05, 3.63) is 87.7 Å². The number of amides is 1. The van der Waals surface area contributed by atoms with E-state index in [9.17, 15) is 4.79 Å². The molecule has 3 aliphatic carbocycles. The third-order valence-corrected chi connectivity index (χ3v) is 6.97. The van der Waals surface area contributed by atoms with Gasteiger partial charge in [0.05, 0.1) is 0 Å². The van der Waals surface area contributed by atoms with E-state index in [0.717, 1.165) is 30.6 Å². The number of aromatic nitrogens is 2. The van der Waals surface area contributed by atoms with Gasteiger partial charge in [-0.1, -0.05) is 48.5 Å². The SMILES string of the molecule is O=C(NCC1CC2c3ccccc3C1c1ccccc12)c1n[nH]c2c1CNCC2. The number of fused-ring (bicyclic) bond motifs is 2. The van der Waals surface area contributed by atoms with Gasteiger partial charge in [-0.15, -0.1) is 0 Å². The highest BCUT2D eigenvalue weighted by Crippen LogP contribution is 2.55. The minimum atomic E-state index is -0.0609. The maximum Gasteiger partial charge on any atom is 0.272 e. The number of nitrogens with one attached hydrogen (secondary N) is 3. The summed E-state index contributed by atoms with van der Waals surface area (Å²) in [5, 5.41) is 13.9. The van der Waals surface area contributed by atoms with Crippen molar-refractivity contribution in [1.82, 2.24) is 20.8 Å². The molecule has 5 nitrogen and oxygen atoms in total. The number of nitrogens with zero attached hydrogens (tertiary/aromatic N) is 1. The fourth-order valence-corrected chi connectivity index (χ4v) is 5.68. The Morgan fingerprint density at radius 3 is 2.45 bits per heavy atom. The molecule has 0 saturated heterocycles. The van der Waals surface area contributed by atoms with E-state index in [-0.39, 0.29) is 5.91 Å². The summed E-state index contributed by atoms with van der Waals surface area (Å²) in [5.41, 5.74) is 8.46. The molecule has 3 N–H and O–H groups in total. The Morgan fingerprint density at radius 2 is 1.72 bits per heavy atom. The Labute approximate surface area is 169 Å². The van der Waals surface area contributed by atoms with Gasteiger partial charge in [-0.05, 0) is 34.6 Å². The standard InChI is InChI=1S/C24H24N4O/c29-24(23-20-13-25-10-9-21(20)27-28-23)26-12-14-11-19-15-5-1-3-7-17(15)22(14)18-8-4-2-6-16(18)19/h1-8,14,19,22,25H,9-13H2,(H,26,29)(H,27,28). The van der Waals surface area contributed by atoms with Crippen molar-refractivity contribution in [2.45, 2.75) is 31.2 Å². The van der Waals surface area contributed by atoms with E-state index in [0.29, 0.717) is 36.5 Å². The highest BCUT2D eigenvalue weighted by atomic mass is 16.1. The molecule has 0 radical (unpaired) electrons. The van der Waals surface area contributed by atoms with Crippen LogP contribution >= 0.6 is 0 Å². The van der Waals surface area contributed by atoms with Crippen molar-refractivity contribution < 1.29 is 4.79 Å². The molecule has 2 heterocycles. The van der Waals surface area contributed by atoms with E-state index in [1.54, 1.807) is 0 Å². The van der Waals surface area contributed by atoms with Gasteiger partial charge in [0.1, 0.15) is 0 Å². The van der Waals surface area contributed by atoms with Crippen molar-refractivity contribution >= 4 is 5.91 Å². The van der Waals surface area contributed by atoms with Crippen molar-refractivity contribution in [3.63, 3.8) is 0 Å². The molecule has 5 heteroatoms. The lowest BCUT2D eigenvalue weighted by atomic mass is 9.59. The molecule has 1 amide bonds. The molecule has 7 rings (SSSR count). The lowest BCUT2D eigenvalue weighted by molar-refractivity contribution is 0.0936. The van der Waals surface area contributed by atoms with Crippen LogP contribution in [0.15, 0.2) is 48.5 Å². The molecule has 1 aromatic heterocycles. The number of H-pyrrole nitrogens is 1. The molecule has 2 aromatic carbocycles. The summed E-state index contributed by atoms with van der Waals surface area (Å²) < 4.78 is 0. The van der Waals surface area contributed by atoms with Gasteiger partial charge < -0.3 is 10.6 Å². The molecule has 1 atom stereocenters.